The lowest BCUT2D eigenvalue weighted by atomic mass is 10.1. The minimum absolute atomic E-state index is 0.179. The highest BCUT2D eigenvalue weighted by atomic mass is 19.1. The number of aromatic nitrogens is 2. The van der Waals surface area contributed by atoms with Crippen molar-refractivity contribution in [2.75, 3.05) is 0 Å². The Morgan fingerprint density at radius 2 is 2.11 bits per heavy atom. The molecule has 0 aliphatic carbocycles. The molecule has 0 aliphatic heterocycles. The largest absolute Gasteiger partial charge is 0.310 e. The molecule has 0 atom stereocenters. The summed E-state index contributed by atoms with van der Waals surface area (Å²) in [6.45, 7) is 4.64. The molecule has 0 saturated heterocycles. The molecule has 0 bridgehead atoms. The normalized spacial score (nSPS) is 11.2. The molecule has 2 aromatic rings. The summed E-state index contributed by atoms with van der Waals surface area (Å²) in [5, 5.41) is 7.30. The van der Waals surface area contributed by atoms with Crippen molar-refractivity contribution in [1.82, 2.24) is 15.1 Å². The fraction of sp³-hybridized carbons (Fsp3) is 0.357. The second-order valence-corrected chi connectivity index (χ2v) is 4.68. The van der Waals surface area contributed by atoms with E-state index >= 15 is 0 Å². The zero-order chi connectivity index (χ0) is 13.1. The van der Waals surface area contributed by atoms with Crippen LogP contribution in [0.4, 0.5) is 4.39 Å². The Hall–Kier alpha value is -1.68. The molecule has 1 heterocycles. The molecule has 1 aromatic heterocycles. The Morgan fingerprint density at radius 3 is 2.67 bits per heavy atom. The van der Waals surface area contributed by atoms with Crippen LogP contribution in [0.5, 0.6) is 0 Å². The first-order chi connectivity index (χ1) is 8.58. The third-order valence-corrected chi connectivity index (χ3v) is 2.87. The van der Waals surface area contributed by atoms with E-state index in [4.69, 9.17) is 0 Å². The van der Waals surface area contributed by atoms with Crippen LogP contribution in [0.15, 0.2) is 30.5 Å². The van der Waals surface area contributed by atoms with E-state index in [9.17, 15) is 4.39 Å². The molecule has 0 saturated carbocycles. The number of benzene rings is 1. The summed E-state index contributed by atoms with van der Waals surface area (Å²) < 4.78 is 15.7. The number of halogens is 1. The maximum Gasteiger partial charge on any atom is 0.128 e. The van der Waals surface area contributed by atoms with Crippen LogP contribution >= 0.6 is 0 Å². The average molecular weight is 247 g/mol. The predicted octanol–water partition coefficient (Wildman–Crippen LogP) is 2.72. The first-order valence-electron chi connectivity index (χ1n) is 6.08. The molecule has 4 heteroatoms. The van der Waals surface area contributed by atoms with E-state index < -0.39 is 0 Å². The van der Waals surface area contributed by atoms with E-state index in [2.05, 4.69) is 10.4 Å². The van der Waals surface area contributed by atoms with Gasteiger partial charge < -0.3 is 5.32 Å². The molecule has 1 N–H and O–H groups in total. The summed E-state index contributed by atoms with van der Waals surface area (Å²) in [6.07, 6.45) is 1.71. The number of nitrogens with one attached hydrogen (secondary N) is 1. The molecule has 0 unspecified atom stereocenters. The van der Waals surface area contributed by atoms with Gasteiger partial charge in [0.2, 0.25) is 0 Å². The SMILES string of the molecule is CC(C)NCc1ccc(-c2ccnn2C)cc1F. The Morgan fingerprint density at radius 1 is 1.33 bits per heavy atom. The first-order valence-corrected chi connectivity index (χ1v) is 6.08. The van der Waals surface area contributed by atoms with E-state index in [0.717, 1.165) is 11.3 Å². The van der Waals surface area contributed by atoms with Gasteiger partial charge in [0.05, 0.1) is 5.69 Å². The molecule has 2 rings (SSSR count). The quantitative estimate of drug-likeness (QED) is 0.900. The fourth-order valence-corrected chi connectivity index (χ4v) is 1.82. The number of hydrogen-bond donors (Lipinski definition) is 1. The van der Waals surface area contributed by atoms with Gasteiger partial charge in [-0.15, -0.1) is 0 Å². The van der Waals surface area contributed by atoms with Crippen LogP contribution in [0.1, 0.15) is 19.4 Å². The fourth-order valence-electron chi connectivity index (χ4n) is 1.82. The number of rotatable bonds is 4. The van der Waals surface area contributed by atoms with Gasteiger partial charge in [0, 0.05) is 37.0 Å². The van der Waals surface area contributed by atoms with Crippen LogP contribution in [0.25, 0.3) is 11.3 Å². The molecule has 0 amide bonds. The van der Waals surface area contributed by atoms with Crippen molar-refractivity contribution in [2.45, 2.75) is 26.4 Å². The Kier molecular flexibility index (Phi) is 3.77. The molecular formula is C14H18FN3. The molecule has 0 spiro atoms. The third kappa shape index (κ3) is 2.76. The zero-order valence-corrected chi connectivity index (χ0v) is 10.9. The summed E-state index contributed by atoms with van der Waals surface area (Å²) in [4.78, 5) is 0. The third-order valence-electron chi connectivity index (χ3n) is 2.87. The lowest BCUT2D eigenvalue weighted by molar-refractivity contribution is 0.553. The molecule has 0 fully saturated rings. The van der Waals surface area contributed by atoms with Crippen LogP contribution in [-0.2, 0) is 13.6 Å². The van der Waals surface area contributed by atoms with Crippen LogP contribution < -0.4 is 5.32 Å². The highest BCUT2D eigenvalue weighted by Crippen LogP contribution is 2.21. The van der Waals surface area contributed by atoms with Crippen molar-refractivity contribution in [1.29, 1.82) is 0 Å². The summed E-state index contributed by atoms with van der Waals surface area (Å²) in [6, 6.07) is 7.54. The van der Waals surface area contributed by atoms with Crippen molar-refractivity contribution < 1.29 is 4.39 Å². The minimum atomic E-state index is -0.179. The molecule has 0 aliphatic rings. The smallest absolute Gasteiger partial charge is 0.128 e. The standard InChI is InChI=1S/C14H18FN3/c1-10(2)16-9-12-5-4-11(8-13(12)15)14-6-7-17-18(14)3/h4-8,10,16H,9H2,1-3H3. The van der Waals surface area contributed by atoms with Crippen molar-refractivity contribution in [3.63, 3.8) is 0 Å². The van der Waals surface area contributed by atoms with Gasteiger partial charge in [-0.2, -0.15) is 5.10 Å². The summed E-state index contributed by atoms with van der Waals surface area (Å²) in [7, 11) is 1.85. The highest BCUT2D eigenvalue weighted by Gasteiger charge is 2.07. The van der Waals surface area contributed by atoms with Crippen LogP contribution in [-0.4, -0.2) is 15.8 Å². The van der Waals surface area contributed by atoms with Gasteiger partial charge in [-0.05, 0) is 12.1 Å². The van der Waals surface area contributed by atoms with Gasteiger partial charge in [0.15, 0.2) is 0 Å². The second kappa shape index (κ2) is 5.31. The maximum atomic E-state index is 14.0. The monoisotopic (exact) mass is 247 g/mol. The Balaban J connectivity index is 2.22. The van der Waals surface area contributed by atoms with Gasteiger partial charge in [-0.3, -0.25) is 4.68 Å². The van der Waals surface area contributed by atoms with Crippen LogP contribution in [0, 0.1) is 5.82 Å². The summed E-state index contributed by atoms with van der Waals surface area (Å²) in [5.41, 5.74) is 2.45. The van der Waals surface area contributed by atoms with E-state index in [1.54, 1.807) is 16.9 Å². The number of aryl methyl sites for hydroxylation is 1. The van der Waals surface area contributed by atoms with Gasteiger partial charge in [0.1, 0.15) is 5.82 Å². The highest BCUT2D eigenvalue weighted by molar-refractivity contribution is 5.59. The zero-order valence-electron chi connectivity index (χ0n) is 10.9. The van der Waals surface area contributed by atoms with Crippen molar-refractivity contribution in [3.05, 3.63) is 41.8 Å². The van der Waals surface area contributed by atoms with Gasteiger partial charge >= 0.3 is 0 Å². The molecule has 0 radical (unpaired) electrons. The maximum absolute atomic E-state index is 14.0. The van der Waals surface area contributed by atoms with Gasteiger partial charge in [-0.1, -0.05) is 26.0 Å². The van der Waals surface area contributed by atoms with E-state index in [1.807, 2.05) is 39.1 Å². The van der Waals surface area contributed by atoms with Gasteiger partial charge in [0.25, 0.3) is 0 Å². The second-order valence-electron chi connectivity index (χ2n) is 4.68. The molecule has 96 valence electrons. The van der Waals surface area contributed by atoms with Crippen LogP contribution in [0.2, 0.25) is 0 Å². The number of nitrogens with zero attached hydrogens (tertiary/aromatic N) is 2. The lowest BCUT2D eigenvalue weighted by Crippen LogP contribution is -2.22. The molecule has 1 aromatic carbocycles. The molecule has 18 heavy (non-hydrogen) atoms. The minimum Gasteiger partial charge on any atom is -0.310 e. The Labute approximate surface area is 107 Å². The van der Waals surface area contributed by atoms with Crippen molar-refractivity contribution in [3.8, 4) is 11.3 Å². The topological polar surface area (TPSA) is 29.9 Å². The summed E-state index contributed by atoms with van der Waals surface area (Å²) in [5.74, 6) is -0.179. The molecule has 3 nitrogen and oxygen atoms in total. The Bertz CT molecular complexity index is 532. The molecular weight excluding hydrogens is 229 g/mol. The lowest BCUT2D eigenvalue weighted by Gasteiger charge is -2.10. The predicted molar refractivity (Wildman–Crippen MR) is 70.6 cm³/mol. The summed E-state index contributed by atoms with van der Waals surface area (Å²) >= 11 is 0. The number of hydrogen-bond acceptors (Lipinski definition) is 2. The van der Waals surface area contributed by atoms with E-state index in [1.165, 1.54) is 0 Å². The van der Waals surface area contributed by atoms with Crippen molar-refractivity contribution >= 4 is 0 Å². The first kappa shape index (κ1) is 12.8. The van der Waals surface area contributed by atoms with Gasteiger partial charge in [-0.25, -0.2) is 4.39 Å². The van der Waals surface area contributed by atoms with Crippen molar-refractivity contribution in [2.24, 2.45) is 7.05 Å². The van der Waals surface area contributed by atoms with E-state index in [-0.39, 0.29) is 5.82 Å². The van der Waals surface area contributed by atoms with Crippen LogP contribution in [0.3, 0.4) is 0 Å². The van der Waals surface area contributed by atoms with E-state index in [0.29, 0.717) is 18.2 Å². The average Bonchev–Trinajstić information content (AvgIpc) is 2.73.